The van der Waals surface area contributed by atoms with Crippen LogP contribution in [-0.2, 0) is 14.3 Å². The molecule has 0 spiro atoms. The number of hydrogen-bond donors (Lipinski definition) is 2. The summed E-state index contributed by atoms with van der Waals surface area (Å²) in [6, 6.07) is 0. The van der Waals surface area contributed by atoms with Gasteiger partial charge in [0.15, 0.2) is 0 Å². The molecule has 0 saturated heterocycles. The van der Waals surface area contributed by atoms with Crippen LogP contribution >= 0.6 is 0 Å². The first-order chi connectivity index (χ1) is 4.00. The van der Waals surface area contributed by atoms with Crippen LogP contribution < -0.4 is 29.6 Å². The first-order valence-electron chi connectivity index (χ1n) is 2.25. The Morgan fingerprint density at radius 3 is 2.10 bits per heavy atom. The van der Waals surface area contributed by atoms with Crippen molar-refractivity contribution in [2.45, 2.75) is 12.5 Å². The molecular formula is C3H9NaO5S. The Balaban J connectivity index is -0.000000320. The maximum atomic E-state index is 10.2. The standard InChI is InChI=1S/C3H8O5S.Na.H/c1-2-8-9(6,7)3(4)5;;/h3-5H,2H2,1H3;;/q;+1;-1. The van der Waals surface area contributed by atoms with E-state index in [2.05, 4.69) is 4.18 Å². The predicted molar refractivity (Wildman–Crippen MR) is 29.9 cm³/mol. The van der Waals surface area contributed by atoms with Crippen LogP contribution in [0.2, 0.25) is 0 Å². The minimum atomic E-state index is -4.14. The van der Waals surface area contributed by atoms with Gasteiger partial charge in [-0.2, -0.15) is 8.42 Å². The van der Waals surface area contributed by atoms with Gasteiger partial charge in [-0.15, -0.1) is 0 Å². The van der Waals surface area contributed by atoms with E-state index in [0.717, 1.165) is 0 Å². The van der Waals surface area contributed by atoms with Crippen LogP contribution in [0.1, 0.15) is 8.35 Å². The normalized spacial score (nSPS) is 11.2. The summed E-state index contributed by atoms with van der Waals surface area (Å²) >= 11 is 0. The van der Waals surface area contributed by atoms with Gasteiger partial charge in [-0.1, -0.05) is 0 Å². The maximum absolute atomic E-state index is 10.2. The van der Waals surface area contributed by atoms with Gasteiger partial charge in [0.1, 0.15) is 0 Å². The molecule has 0 aromatic carbocycles. The molecule has 0 bridgehead atoms. The molecule has 0 amide bonds. The van der Waals surface area contributed by atoms with E-state index in [4.69, 9.17) is 10.2 Å². The molecule has 0 aliphatic rings. The fourth-order valence-corrected chi connectivity index (χ4v) is 0.675. The first-order valence-corrected chi connectivity index (χ1v) is 3.72. The second-order valence-electron chi connectivity index (χ2n) is 1.23. The zero-order valence-electron chi connectivity index (χ0n) is 6.81. The smallest absolute Gasteiger partial charge is 1.00 e. The van der Waals surface area contributed by atoms with E-state index in [1.165, 1.54) is 6.92 Å². The summed E-state index contributed by atoms with van der Waals surface area (Å²) in [4.78, 5) is 0. The van der Waals surface area contributed by atoms with Gasteiger partial charge in [0, 0.05) is 0 Å². The van der Waals surface area contributed by atoms with Gasteiger partial charge in [0.25, 0.3) is 5.62 Å². The average molecular weight is 180 g/mol. The van der Waals surface area contributed by atoms with Crippen molar-refractivity contribution in [2.24, 2.45) is 0 Å². The van der Waals surface area contributed by atoms with Gasteiger partial charge in [-0.25, -0.2) is 0 Å². The summed E-state index contributed by atoms with van der Waals surface area (Å²) in [6.07, 6.45) is 0. The van der Waals surface area contributed by atoms with E-state index >= 15 is 0 Å². The minimum absolute atomic E-state index is 0. The molecular weight excluding hydrogens is 171 g/mol. The molecule has 0 fully saturated rings. The molecule has 2 N–H and O–H groups in total. The Morgan fingerprint density at radius 2 is 2.00 bits per heavy atom. The Kier molecular flexibility index (Phi) is 7.35. The van der Waals surface area contributed by atoms with Gasteiger partial charge in [-0.05, 0) is 6.92 Å². The first kappa shape index (κ1) is 13.4. The number of aliphatic hydroxyl groups excluding tert-OH is 1. The van der Waals surface area contributed by atoms with Gasteiger partial charge in [0.05, 0.1) is 6.61 Å². The summed E-state index contributed by atoms with van der Waals surface area (Å²) in [5.41, 5.74) is -2.43. The van der Waals surface area contributed by atoms with E-state index in [0.29, 0.717) is 0 Å². The summed E-state index contributed by atoms with van der Waals surface area (Å²) < 4.78 is 24.4. The average Bonchev–Trinajstić information content (AvgIpc) is 1.65. The molecule has 0 saturated carbocycles. The van der Waals surface area contributed by atoms with Crippen LogP contribution in [-0.4, -0.2) is 30.9 Å². The molecule has 0 aliphatic carbocycles. The van der Waals surface area contributed by atoms with E-state index in [1.807, 2.05) is 0 Å². The Labute approximate surface area is 82.9 Å². The zero-order valence-corrected chi connectivity index (χ0v) is 8.63. The van der Waals surface area contributed by atoms with Crippen molar-refractivity contribution in [1.82, 2.24) is 0 Å². The van der Waals surface area contributed by atoms with Gasteiger partial charge in [0.2, 0.25) is 0 Å². The Hall–Kier alpha value is 0.830. The molecule has 58 valence electrons. The third-order valence-electron chi connectivity index (χ3n) is 0.540. The molecule has 0 radical (unpaired) electrons. The molecule has 0 aliphatic heterocycles. The monoisotopic (exact) mass is 180 g/mol. The molecule has 0 atom stereocenters. The molecule has 10 heavy (non-hydrogen) atoms. The van der Waals surface area contributed by atoms with Crippen molar-refractivity contribution in [1.29, 1.82) is 0 Å². The Bertz CT molecular complexity index is 167. The minimum Gasteiger partial charge on any atom is -1.00 e. The van der Waals surface area contributed by atoms with Crippen LogP contribution in [0.3, 0.4) is 0 Å². The fraction of sp³-hybridized carbons (Fsp3) is 1.00. The molecule has 0 unspecified atom stereocenters. The summed E-state index contributed by atoms with van der Waals surface area (Å²) in [6.45, 7) is 1.33. The van der Waals surface area contributed by atoms with Crippen LogP contribution in [0.5, 0.6) is 0 Å². The van der Waals surface area contributed by atoms with Crippen LogP contribution in [0, 0.1) is 0 Å². The molecule has 5 nitrogen and oxygen atoms in total. The van der Waals surface area contributed by atoms with Crippen LogP contribution in [0.4, 0.5) is 0 Å². The second-order valence-corrected chi connectivity index (χ2v) is 2.87. The quantitative estimate of drug-likeness (QED) is 0.261. The van der Waals surface area contributed by atoms with E-state index in [1.54, 1.807) is 0 Å². The SMILES string of the molecule is CCOS(=O)(=O)C(O)O.[H-].[Na+]. The summed E-state index contributed by atoms with van der Waals surface area (Å²) in [5.74, 6) is 0. The number of rotatable bonds is 3. The van der Waals surface area contributed by atoms with Crippen molar-refractivity contribution < 1.29 is 53.8 Å². The summed E-state index contributed by atoms with van der Waals surface area (Å²) in [7, 11) is -4.14. The maximum Gasteiger partial charge on any atom is 1.00 e. The molecule has 0 aromatic rings. The molecule has 7 heteroatoms. The van der Waals surface area contributed by atoms with Gasteiger partial charge < -0.3 is 11.6 Å². The van der Waals surface area contributed by atoms with Crippen molar-refractivity contribution in [3.05, 3.63) is 0 Å². The van der Waals surface area contributed by atoms with E-state index < -0.39 is 15.7 Å². The van der Waals surface area contributed by atoms with Gasteiger partial charge >= 0.3 is 39.7 Å². The Morgan fingerprint density at radius 1 is 1.60 bits per heavy atom. The van der Waals surface area contributed by atoms with E-state index in [9.17, 15) is 8.42 Å². The second kappa shape index (κ2) is 5.48. The molecule has 0 rings (SSSR count). The van der Waals surface area contributed by atoms with Crippen molar-refractivity contribution >= 4 is 10.1 Å². The number of aliphatic hydroxyl groups is 2. The van der Waals surface area contributed by atoms with Gasteiger partial charge in [-0.3, -0.25) is 4.18 Å². The van der Waals surface area contributed by atoms with E-state index in [-0.39, 0.29) is 37.6 Å². The van der Waals surface area contributed by atoms with Crippen LogP contribution in [0.15, 0.2) is 0 Å². The molecule has 0 heterocycles. The third-order valence-corrected chi connectivity index (χ3v) is 1.62. The third kappa shape index (κ3) is 4.62. The topological polar surface area (TPSA) is 83.8 Å². The number of hydrogen-bond acceptors (Lipinski definition) is 5. The van der Waals surface area contributed by atoms with Crippen LogP contribution in [0.25, 0.3) is 0 Å². The predicted octanol–water partition coefficient (Wildman–Crippen LogP) is -4.26. The van der Waals surface area contributed by atoms with Crippen molar-refractivity contribution in [3.8, 4) is 0 Å². The zero-order chi connectivity index (χ0) is 7.49. The van der Waals surface area contributed by atoms with Crippen molar-refractivity contribution in [3.63, 3.8) is 0 Å². The largest absolute Gasteiger partial charge is 1.00 e. The fourth-order valence-electron chi connectivity index (χ4n) is 0.225. The summed E-state index contributed by atoms with van der Waals surface area (Å²) in [5, 5.41) is 16.1. The van der Waals surface area contributed by atoms with Crippen molar-refractivity contribution in [2.75, 3.05) is 6.61 Å². The molecule has 0 aromatic heterocycles.